The summed E-state index contributed by atoms with van der Waals surface area (Å²) in [6, 6.07) is 0. The van der Waals surface area contributed by atoms with Crippen LogP contribution in [-0.2, 0) is 0 Å². The van der Waals surface area contributed by atoms with E-state index in [9.17, 15) is 0 Å². The minimum atomic E-state index is 1.12. The molecule has 0 fully saturated rings. The van der Waals surface area contributed by atoms with Gasteiger partial charge in [0.2, 0.25) is 0 Å². The Morgan fingerprint density at radius 2 is 0.806 bits per heavy atom. The number of nitrogens with zero attached hydrogens (tertiary/aromatic N) is 2. The van der Waals surface area contributed by atoms with Crippen LogP contribution in [-0.4, -0.2) is 21.7 Å². The molecule has 0 aliphatic heterocycles. The Balaban J connectivity index is 1.86. The van der Waals surface area contributed by atoms with Gasteiger partial charge in [-0.1, -0.05) is 150 Å². The van der Waals surface area contributed by atoms with Crippen LogP contribution in [0.3, 0.4) is 0 Å². The van der Waals surface area contributed by atoms with E-state index >= 15 is 0 Å². The van der Waals surface area contributed by atoms with Crippen molar-refractivity contribution in [1.82, 2.24) is 10.2 Å². The molecule has 0 unspecified atom stereocenters. The second-order valence-electron chi connectivity index (χ2n) is 8.30. The highest BCUT2D eigenvalue weighted by molar-refractivity contribution is 8.77. The smallest absolute Gasteiger partial charge is 0.130 e. The lowest BCUT2D eigenvalue weighted by Gasteiger charge is -2.01. The van der Waals surface area contributed by atoms with Crippen LogP contribution in [0, 0.1) is 0 Å². The highest BCUT2D eigenvalue weighted by Gasteiger charge is 2.06. The molecule has 0 radical (unpaired) electrons. The maximum absolute atomic E-state index is 4.35. The van der Waals surface area contributed by atoms with E-state index in [1.807, 2.05) is 43.2 Å². The summed E-state index contributed by atoms with van der Waals surface area (Å²) >= 11 is 1.76. The van der Waals surface area contributed by atoms with Crippen molar-refractivity contribution in [2.24, 2.45) is 0 Å². The first-order chi connectivity index (χ1) is 15.4. The molecule has 182 valence electrons. The van der Waals surface area contributed by atoms with E-state index in [4.69, 9.17) is 0 Å². The summed E-state index contributed by atoms with van der Waals surface area (Å²) in [6.45, 7) is 4.57. The maximum atomic E-state index is 4.35. The summed E-state index contributed by atoms with van der Waals surface area (Å²) in [4.78, 5) is 0. The number of rotatable bonds is 24. The van der Waals surface area contributed by atoms with E-state index in [1.54, 1.807) is 11.3 Å². The van der Waals surface area contributed by atoms with E-state index in [1.165, 1.54) is 127 Å². The molecule has 7 heteroatoms. The van der Waals surface area contributed by atoms with Crippen molar-refractivity contribution in [1.29, 1.82) is 0 Å². The molecule has 0 aromatic carbocycles. The number of aromatic nitrogens is 2. The molecular formula is C24H46N2S5. The zero-order chi connectivity index (χ0) is 22.2. The quantitative estimate of drug-likeness (QED) is 0.0989. The Morgan fingerprint density at radius 1 is 0.484 bits per heavy atom. The molecule has 1 rings (SSSR count). The lowest BCUT2D eigenvalue weighted by atomic mass is 10.1. The van der Waals surface area contributed by atoms with Gasteiger partial charge in [0.1, 0.15) is 0 Å². The van der Waals surface area contributed by atoms with Crippen LogP contribution in [0.5, 0.6) is 0 Å². The van der Waals surface area contributed by atoms with Gasteiger partial charge in [-0.2, -0.15) is 0 Å². The molecule has 2 nitrogen and oxygen atoms in total. The molecule has 31 heavy (non-hydrogen) atoms. The van der Waals surface area contributed by atoms with Gasteiger partial charge < -0.3 is 0 Å². The second-order valence-corrected chi connectivity index (χ2v) is 14.6. The molecule has 0 spiro atoms. The van der Waals surface area contributed by atoms with Crippen molar-refractivity contribution >= 4 is 54.5 Å². The Bertz CT molecular complexity index is 444. The van der Waals surface area contributed by atoms with Crippen LogP contribution in [0.25, 0.3) is 0 Å². The summed E-state index contributed by atoms with van der Waals surface area (Å²) < 4.78 is 2.24. The molecule has 0 saturated heterocycles. The van der Waals surface area contributed by atoms with Gasteiger partial charge in [0, 0.05) is 11.5 Å². The van der Waals surface area contributed by atoms with Crippen molar-refractivity contribution in [2.75, 3.05) is 11.5 Å². The molecule has 0 atom stereocenters. The van der Waals surface area contributed by atoms with Crippen LogP contribution in [0.4, 0.5) is 0 Å². The Hall–Kier alpha value is 0.960. The van der Waals surface area contributed by atoms with Crippen molar-refractivity contribution in [3.05, 3.63) is 0 Å². The molecule has 0 amide bonds. The first kappa shape index (κ1) is 30.0. The lowest BCUT2D eigenvalue weighted by molar-refractivity contribution is 0.573. The van der Waals surface area contributed by atoms with Gasteiger partial charge in [-0.25, -0.2) is 0 Å². The summed E-state index contributed by atoms with van der Waals surface area (Å²) in [6.07, 6.45) is 25.2. The Kier molecular flexibility index (Phi) is 23.3. The summed E-state index contributed by atoms with van der Waals surface area (Å²) in [5.74, 6) is 2.46. The minimum absolute atomic E-state index is 1.12. The SMILES string of the molecule is CCCCCCCCCCCSSc1nnc(SSCCCCCCCCCCC)s1. The topological polar surface area (TPSA) is 25.8 Å². The number of hydrogen-bond donors (Lipinski definition) is 0. The fourth-order valence-electron chi connectivity index (χ4n) is 3.39. The maximum Gasteiger partial charge on any atom is 0.185 e. The van der Waals surface area contributed by atoms with Gasteiger partial charge in [0.05, 0.1) is 0 Å². The van der Waals surface area contributed by atoms with Gasteiger partial charge >= 0.3 is 0 Å². The van der Waals surface area contributed by atoms with Crippen LogP contribution in [0.15, 0.2) is 8.68 Å². The molecule has 0 saturated carbocycles. The van der Waals surface area contributed by atoms with Crippen molar-refractivity contribution in [2.45, 2.75) is 138 Å². The van der Waals surface area contributed by atoms with Gasteiger partial charge in [0.25, 0.3) is 0 Å². The molecule has 0 aliphatic carbocycles. The molecule has 1 aromatic rings. The normalized spacial score (nSPS) is 11.4. The van der Waals surface area contributed by atoms with E-state index in [2.05, 4.69) is 24.0 Å². The highest BCUT2D eigenvalue weighted by atomic mass is 33.1. The van der Waals surface area contributed by atoms with E-state index < -0.39 is 0 Å². The number of unbranched alkanes of at least 4 members (excludes halogenated alkanes) is 16. The fourth-order valence-corrected chi connectivity index (χ4v) is 9.26. The van der Waals surface area contributed by atoms with Crippen LogP contribution < -0.4 is 0 Å². The van der Waals surface area contributed by atoms with Gasteiger partial charge in [-0.3, -0.25) is 0 Å². The zero-order valence-corrected chi connectivity index (χ0v) is 24.2. The predicted octanol–water partition coefficient (Wildman–Crippen LogP) is 11.1. The highest BCUT2D eigenvalue weighted by Crippen LogP contribution is 2.39. The van der Waals surface area contributed by atoms with Crippen LogP contribution >= 0.6 is 54.5 Å². The Morgan fingerprint density at radius 3 is 1.16 bits per heavy atom. The van der Waals surface area contributed by atoms with Crippen molar-refractivity contribution < 1.29 is 0 Å². The molecule has 0 bridgehead atoms. The predicted molar refractivity (Wildman–Crippen MR) is 151 cm³/mol. The lowest BCUT2D eigenvalue weighted by Crippen LogP contribution is -1.82. The molecule has 1 heterocycles. The largest absolute Gasteiger partial charge is 0.185 e. The average Bonchev–Trinajstić information content (AvgIpc) is 3.23. The third-order valence-corrected chi connectivity index (χ3v) is 11.7. The van der Waals surface area contributed by atoms with Gasteiger partial charge in [-0.15, -0.1) is 10.2 Å². The van der Waals surface area contributed by atoms with Crippen molar-refractivity contribution in [3.63, 3.8) is 0 Å². The minimum Gasteiger partial charge on any atom is -0.130 e. The van der Waals surface area contributed by atoms with E-state index in [0.717, 1.165) is 8.68 Å². The first-order valence-electron chi connectivity index (χ1n) is 12.8. The first-order valence-corrected chi connectivity index (χ1v) is 18.2. The van der Waals surface area contributed by atoms with E-state index in [0.29, 0.717) is 0 Å². The molecule has 0 aliphatic rings. The monoisotopic (exact) mass is 522 g/mol. The molecule has 1 aromatic heterocycles. The third kappa shape index (κ3) is 20.1. The summed E-state index contributed by atoms with van der Waals surface area (Å²) in [5, 5.41) is 8.69. The molecular weight excluding hydrogens is 477 g/mol. The van der Waals surface area contributed by atoms with Gasteiger partial charge in [0.15, 0.2) is 8.68 Å². The van der Waals surface area contributed by atoms with Gasteiger partial charge in [-0.05, 0) is 34.4 Å². The average molecular weight is 523 g/mol. The summed E-state index contributed by atoms with van der Waals surface area (Å²) in [7, 11) is 7.53. The van der Waals surface area contributed by atoms with Crippen LogP contribution in [0.1, 0.15) is 129 Å². The third-order valence-electron chi connectivity index (χ3n) is 5.31. The van der Waals surface area contributed by atoms with Crippen molar-refractivity contribution in [3.8, 4) is 0 Å². The Labute approximate surface area is 213 Å². The summed E-state index contributed by atoms with van der Waals surface area (Å²) in [5.41, 5.74) is 0. The second kappa shape index (κ2) is 24.1. The standard InChI is InChI=1S/C24H46N2S5/c1-3-5-7-9-11-13-15-17-19-21-27-30-23-25-26-24(29-23)31-28-22-20-18-16-14-12-10-8-6-4-2/h3-22H2,1-2H3. The fraction of sp³-hybridized carbons (Fsp3) is 0.917. The number of hydrogen-bond acceptors (Lipinski definition) is 7. The van der Waals surface area contributed by atoms with E-state index in [-0.39, 0.29) is 0 Å². The molecule has 0 N–H and O–H groups in total. The zero-order valence-electron chi connectivity index (χ0n) is 20.1. The van der Waals surface area contributed by atoms with Crippen LogP contribution in [0.2, 0.25) is 0 Å².